The van der Waals surface area contributed by atoms with Crippen molar-refractivity contribution >= 4 is 11.6 Å². The number of hydrogen-bond donors (Lipinski definition) is 1. The van der Waals surface area contributed by atoms with E-state index in [9.17, 15) is 5.11 Å². The van der Waals surface area contributed by atoms with Crippen molar-refractivity contribution in [3.8, 4) is 22.6 Å². The molecular formula is C20H25ClO2. The highest BCUT2D eigenvalue weighted by Crippen LogP contribution is 2.24. The molecule has 124 valence electrons. The SMILES string of the molecule is Oc1ccc(-c2ccc(OCCCCCCCCCl)cc2)cc1. The number of rotatable bonds is 10. The van der Waals surface area contributed by atoms with Crippen LogP contribution in [0, 0.1) is 0 Å². The van der Waals surface area contributed by atoms with Crippen molar-refractivity contribution in [3.05, 3.63) is 48.5 Å². The van der Waals surface area contributed by atoms with Crippen LogP contribution in [0.4, 0.5) is 0 Å². The number of phenolic OH excluding ortho intramolecular Hbond substituents is 1. The van der Waals surface area contributed by atoms with Gasteiger partial charge in [0.25, 0.3) is 0 Å². The van der Waals surface area contributed by atoms with E-state index in [1.54, 1.807) is 12.1 Å². The Morgan fingerprint density at radius 3 is 1.83 bits per heavy atom. The van der Waals surface area contributed by atoms with Crippen LogP contribution in [0.5, 0.6) is 11.5 Å². The van der Waals surface area contributed by atoms with Crippen LogP contribution in [-0.2, 0) is 0 Å². The van der Waals surface area contributed by atoms with Crippen LogP contribution in [0.1, 0.15) is 38.5 Å². The minimum atomic E-state index is 0.288. The van der Waals surface area contributed by atoms with Gasteiger partial charge in [0.05, 0.1) is 6.61 Å². The lowest BCUT2D eigenvalue weighted by molar-refractivity contribution is 0.304. The third-order valence-corrected chi connectivity index (χ3v) is 4.12. The van der Waals surface area contributed by atoms with Crippen molar-refractivity contribution in [2.45, 2.75) is 38.5 Å². The van der Waals surface area contributed by atoms with Gasteiger partial charge in [0.2, 0.25) is 0 Å². The third kappa shape index (κ3) is 6.54. The van der Waals surface area contributed by atoms with Crippen LogP contribution in [0.15, 0.2) is 48.5 Å². The van der Waals surface area contributed by atoms with Gasteiger partial charge in [-0.25, -0.2) is 0 Å². The van der Waals surface area contributed by atoms with Gasteiger partial charge in [-0.3, -0.25) is 0 Å². The summed E-state index contributed by atoms with van der Waals surface area (Å²) in [6.07, 6.45) is 7.22. The molecule has 0 radical (unpaired) electrons. The topological polar surface area (TPSA) is 29.5 Å². The zero-order valence-corrected chi connectivity index (χ0v) is 14.3. The summed E-state index contributed by atoms with van der Waals surface area (Å²) in [5.74, 6) is 1.98. The summed E-state index contributed by atoms with van der Waals surface area (Å²) < 4.78 is 5.78. The standard InChI is InChI=1S/C20H25ClO2/c21-15-5-3-1-2-4-6-16-23-20-13-9-18(10-14-20)17-7-11-19(22)12-8-17/h7-14,22H,1-6,15-16H2. The van der Waals surface area contributed by atoms with E-state index in [-0.39, 0.29) is 5.75 Å². The number of halogens is 1. The Balaban J connectivity index is 1.68. The van der Waals surface area contributed by atoms with Crippen LogP contribution < -0.4 is 4.74 Å². The van der Waals surface area contributed by atoms with Gasteiger partial charge in [0, 0.05) is 5.88 Å². The van der Waals surface area contributed by atoms with Crippen molar-refractivity contribution in [3.63, 3.8) is 0 Å². The molecule has 2 rings (SSSR count). The van der Waals surface area contributed by atoms with E-state index in [2.05, 4.69) is 0 Å². The second kappa shape index (κ2) is 10.2. The minimum absolute atomic E-state index is 0.288. The molecule has 3 heteroatoms. The lowest BCUT2D eigenvalue weighted by atomic mass is 10.1. The highest BCUT2D eigenvalue weighted by atomic mass is 35.5. The zero-order valence-electron chi connectivity index (χ0n) is 13.5. The van der Waals surface area contributed by atoms with E-state index < -0.39 is 0 Å². The summed E-state index contributed by atoms with van der Waals surface area (Å²) in [7, 11) is 0. The van der Waals surface area contributed by atoms with Gasteiger partial charge < -0.3 is 9.84 Å². The van der Waals surface area contributed by atoms with Crippen molar-refractivity contribution in [1.82, 2.24) is 0 Å². The molecule has 0 atom stereocenters. The molecule has 0 amide bonds. The van der Waals surface area contributed by atoms with Crippen molar-refractivity contribution in [2.24, 2.45) is 0 Å². The predicted molar refractivity (Wildman–Crippen MR) is 97.5 cm³/mol. The third-order valence-electron chi connectivity index (χ3n) is 3.85. The zero-order chi connectivity index (χ0) is 16.3. The molecule has 0 bridgehead atoms. The van der Waals surface area contributed by atoms with Gasteiger partial charge in [-0.15, -0.1) is 11.6 Å². The second-order valence-electron chi connectivity index (χ2n) is 5.73. The molecule has 1 N–H and O–H groups in total. The molecule has 0 spiro atoms. The maximum atomic E-state index is 9.32. The summed E-state index contributed by atoms with van der Waals surface area (Å²) >= 11 is 5.66. The van der Waals surface area contributed by atoms with Crippen molar-refractivity contribution in [2.75, 3.05) is 12.5 Å². The molecular weight excluding hydrogens is 308 g/mol. The highest BCUT2D eigenvalue weighted by Gasteiger charge is 1.99. The normalized spacial score (nSPS) is 10.7. The first kappa shape index (κ1) is 17.7. The smallest absolute Gasteiger partial charge is 0.119 e. The Bertz CT molecular complexity index is 549. The van der Waals surface area contributed by atoms with Gasteiger partial charge in [-0.05, 0) is 48.2 Å². The second-order valence-corrected chi connectivity index (χ2v) is 6.11. The van der Waals surface area contributed by atoms with Crippen LogP contribution in [0.3, 0.4) is 0 Å². The number of hydrogen-bond acceptors (Lipinski definition) is 2. The number of alkyl halides is 1. The van der Waals surface area contributed by atoms with Crippen LogP contribution >= 0.6 is 11.6 Å². The Labute approximate surface area is 144 Å². The first-order valence-corrected chi connectivity index (χ1v) is 8.91. The number of aromatic hydroxyl groups is 1. The molecule has 0 heterocycles. The summed E-state index contributed by atoms with van der Waals surface area (Å²) in [6.45, 7) is 0.772. The Morgan fingerprint density at radius 2 is 1.22 bits per heavy atom. The molecule has 2 aromatic carbocycles. The molecule has 2 aromatic rings. The molecule has 2 nitrogen and oxygen atoms in total. The molecule has 0 saturated carbocycles. The average Bonchev–Trinajstić information content (AvgIpc) is 2.59. The van der Waals surface area contributed by atoms with E-state index in [1.165, 1.54) is 25.7 Å². The largest absolute Gasteiger partial charge is 0.508 e. The summed E-state index contributed by atoms with van der Waals surface area (Å²) in [5.41, 5.74) is 2.21. The molecule has 0 aliphatic heterocycles. The average molecular weight is 333 g/mol. The lowest BCUT2D eigenvalue weighted by Crippen LogP contribution is -1.97. The quantitative estimate of drug-likeness (QED) is 0.426. The molecule has 0 aromatic heterocycles. The molecule has 0 fully saturated rings. The maximum absolute atomic E-state index is 9.32. The summed E-state index contributed by atoms with van der Waals surface area (Å²) in [6, 6.07) is 15.3. The molecule has 0 aliphatic carbocycles. The van der Waals surface area contributed by atoms with Gasteiger partial charge in [0.15, 0.2) is 0 Å². The number of benzene rings is 2. The number of phenols is 1. The van der Waals surface area contributed by atoms with E-state index in [0.717, 1.165) is 42.2 Å². The van der Waals surface area contributed by atoms with Crippen LogP contribution in [-0.4, -0.2) is 17.6 Å². The van der Waals surface area contributed by atoms with Gasteiger partial charge in [0.1, 0.15) is 11.5 Å². The first-order chi connectivity index (χ1) is 11.3. The van der Waals surface area contributed by atoms with E-state index in [0.29, 0.717) is 0 Å². The fraction of sp³-hybridized carbons (Fsp3) is 0.400. The van der Waals surface area contributed by atoms with E-state index in [4.69, 9.17) is 16.3 Å². The lowest BCUT2D eigenvalue weighted by Gasteiger charge is -2.08. The molecule has 0 aliphatic rings. The summed E-state index contributed by atoms with van der Waals surface area (Å²) in [5, 5.41) is 9.32. The first-order valence-electron chi connectivity index (χ1n) is 8.38. The van der Waals surface area contributed by atoms with Crippen molar-refractivity contribution in [1.29, 1.82) is 0 Å². The van der Waals surface area contributed by atoms with E-state index in [1.807, 2.05) is 36.4 Å². The van der Waals surface area contributed by atoms with Gasteiger partial charge in [-0.2, -0.15) is 0 Å². The fourth-order valence-electron chi connectivity index (χ4n) is 2.49. The maximum Gasteiger partial charge on any atom is 0.119 e. The molecule has 23 heavy (non-hydrogen) atoms. The van der Waals surface area contributed by atoms with Crippen molar-refractivity contribution < 1.29 is 9.84 Å². The number of ether oxygens (including phenoxy) is 1. The predicted octanol–water partition coefficient (Wildman–Crippen LogP) is 6.02. The molecule has 0 unspecified atom stereocenters. The van der Waals surface area contributed by atoms with Crippen LogP contribution in [0.2, 0.25) is 0 Å². The van der Waals surface area contributed by atoms with Gasteiger partial charge in [-0.1, -0.05) is 49.9 Å². The van der Waals surface area contributed by atoms with E-state index >= 15 is 0 Å². The number of unbranched alkanes of at least 4 members (excludes halogenated alkanes) is 5. The van der Waals surface area contributed by atoms with Gasteiger partial charge >= 0.3 is 0 Å². The Hall–Kier alpha value is -1.67. The molecule has 0 saturated heterocycles. The Morgan fingerprint density at radius 1 is 0.696 bits per heavy atom. The summed E-state index contributed by atoms with van der Waals surface area (Å²) in [4.78, 5) is 0. The fourth-order valence-corrected chi connectivity index (χ4v) is 2.68. The highest BCUT2D eigenvalue weighted by molar-refractivity contribution is 6.17. The monoisotopic (exact) mass is 332 g/mol. The minimum Gasteiger partial charge on any atom is -0.508 e. The Kier molecular flexibility index (Phi) is 7.82. The van der Waals surface area contributed by atoms with Crippen LogP contribution in [0.25, 0.3) is 11.1 Å².